The fourth-order valence-corrected chi connectivity index (χ4v) is 10.4. The van der Waals surface area contributed by atoms with Crippen LogP contribution in [0.3, 0.4) is 0 Å². The summed E-state index contributed by atoms with van der Waals surface area (Å²) in [6.45, 7) is 13.6. The van der Waals surface area contributed by atoms with Crippen LogP contribution in [0.1, 0.15) is 60.8 Å². The molecule has 0 amide bonds. The third-order valence-corrected chi connectivity index (χ3v) is 17.4. The van der Waals surface area contributed by atoms with E-state index < -0.39 is 40.2 Å². The molecule has 0 aromatic heterocycles. The molecule has 2 N–H and O–H groups in total. The van der Waals surface area contributed by atoms with E-state index in [-0.39, 0.29) is 6.42 Å². The predicted octanol–water partition coefficient (Wildman–Crippen LogP) is 4.66. The molecular formula is C22H48O6Si2. The Kier molecular flexibility index (Phi) is 11.2. The second-order valence-corrected chi connectivity index (χ2v) is 18.4. The van der Waals surface area contributed by atoms with E-state index >= 15 is 0 Å². The van der Waals surface area contributed by atoms with Crippen molar-refractivity contribution in [2.24, 2.45) is 0 Å². The van der Waals surface area contributed by atoms with Gasteiger partial charge in [0.05, 0.1) is 12.2 Å². The summed E-state index contributed by atoms with van der Waals surface area (Å²) in [5.74, 6) is -0.943. The van der Waals surface area contributed by atoms with Crippen LogP contribution in [0, 0.1) is 0 Å². The standard InChI is InChI=1S/C22H48O6Si2/c1-9-29(10-2,11-3)27-16-15-22(24)19(23)17-21(25-7,26-8)18-20(22)28-30(12-4,13-5)14-6/h19-20,23-24H,9-18H2,1-8H3/t19-,20+,22-/m0/s1. The van der Waals surface area contributed by atoms with Gasteiger partial charge in [-0.3, -0.25) is 0 Å². The maximum atomic E-state index is 11.8. The molecule has 6 nitrogen and oxygen atoms in total. The summed E-state index contributed by atoms with van der Waals surface area (Å²) in [4.78, 5) is 0. The minimum absolute atomic E-state index is 0.215. The Balaban J connectivity index is 3.16. The smallest absolute Gasteiger partial charge is 0.192 e. The quantitative estimate of drug-likeness (QED) is 0.287. The second-order valence-electron chi connectivity index (χ2n) is 8.93. The van der Waals surface area contributed by atoms with Gasteiger partial charge in [0.1, 0.15) is 5.60 Å². The van der Waals surface area contributed by atoms with E-state index in [0.717, 1.165) is 36.3 Å². The molecule has 0 spiro atoms. The topological polar surface area (TPSA) is 77.4 Å². The predicted molar refractivity (Wildman–Crippen MR) is 127 cm³/mol. The van der Waals surface area contributed by atoms with E-state index in [2.05, 4.69) is 41.5 Å². The highest BCUT2D eigenvalue weighted by molar-refractivity contribution is 6.74. The molecule has 1 fully saturated rings. The fraction of sp³-hybridized carbons (Fsp3) is 1.00. The van der Waals surface area contributed by atoms with Gasteiger partial charge in [-0.15, -0.1) is 0 Å². The van der Waals surface area contributed by atoms with Crippen molar-refractivity contribution in [1.82, 2.24) is 0 Å². The zero-order valence-electron chi connectivity index (χ0n) is 20.8. The van der Waals surface area contributed by atoms with Gasteiger partial charge in [-0.05, 0) is 36.3 Å². The Bertz CT molecular complexity index is 477. The van der Waals surface area contributed by atoms with Crippen molar-refractivity contribution in [3.05, 3.63) is 0 Å². The van der Waals surface area contributed by atoms with Crippen LogP contribution in [0.25, 0.3) is 0 Å². The summed E-state index contributed by atoms with van der Waals surface area (Å²) < 4.78 is 24.5. The molecule has 0 aromatic rings. The van der Waals surface area contributed by atoms with Gasteiger partial charge < -0.3 is 28.5 Å². The minimum atomic E-state index is -2.02. The molecule has 3 atom stereocenters. The molecular weight excluding hydrogens is 416 g/mol. The summed E-state index contributed by atoms with van der Waals surface area (Å²) in [7, 11) is -0.601. The Morgan fingerprint density at radius 3 is 1.67 bits per heavy atom. The van der Waals surface area contributed by atoms with E-state index in [4.69, 9.17) is 18.3 Å². The van der Waals surface area contributed by atoms with Gasteiger partial charge in [0, 0.05) is 40.1 Å². The van der Waals surface area contributed by atoms with Crippen LogP contribution in [-0.2, 0) is 18.3 Å². The lowest BCUT2D eigenvalue weighted by atomic mass is 9.75. The molecule has 0 saturated heterocycles. The van der Waals surface area contributed by atoms with Gasteiger partial charge in [-0.25, -0.2) is 0 Å². The van der Waals surface area contributed by atoms with E-state index in [9.17, 15) is 10.2 Å². The molecule has 0 bridgehead atoms. The molecule has 0 aliphatic heterocycles. The maximum absolute atomic E-state index is 11.8. The van der Waals surface area contributed by atoms with Gasteiger partial charge in [0.25, 0.3) is 0 Å². The molecule has 1 aliphatic carbocycles. The Morgan fingerprint density at radius 1 is 0.800 bits per heavy atom. The van der Waals surface area contributed by atoms with Crippen molar-refractivity contribution in [1.29, 1.82) is 0 Å². The van der Waals surface area contributed by atoms with Crippen molar-refractivity contribution in [2.75, 3.05) is 20.8 Å². The third-order valence-electron chi connectivity index (χ3n) is 8.05. The summed E-state index contributed by atoms with van der Waals surface area (Å²) in [5, 5.41) is 22.9. The Labute approximate surface area is 186 Å². The van der Waals surface area contributed by atoms with Crippen molar-refractivity contribution in [3.8, 4) is 0 Å². The van der Waals surface area contributed by atoms with Crippen LogP contribution in [-0.4, -0.2) is 71.3 Å². The zero-order valence-corrected chi connectivity index (χ0v) is 22.8. The summed E-state index contributed by atoms with van der Waals surface area (Å²) in [6, 6.07) is 6.12. The van der Waals surface area contributed by atoms with Crippen LogP contribution >= 0.6 is 0 Å². The van der Waals surface area contributed by atoms with Crippen LogP contribution in [0.2, 0.25) is 36.3 Å². The molecule has 1 rings (SSSR count). The van der Waals surface area contributed by atoms with Gasteiger partial charge in [0.15, 0.2) is 22.4 Å². The third kappa shape index (κ3) is 5.95. The normalized spacial score (nSPS) is 27.4. The number of methoxy groups -OCH3 is 2. The van der Waals surface area contributed by atoms with Crippen LogP contribution in [0.15, 0.2) is 0 Å². The number of hydrogen-bond acceptors (Lipinski definition) is 6. The van der Waals surface area contributed by atoms with Crippen molar-refractivity contribution >= 4 is 16.6 Å². The molecule has 0 unspecified atom stereocenters. The summed E-state index contributed by atoms with van der Waals surface area (Å²) in [6.07, 6.45) is -0.568. The molecule has 180 valence electrons. The first-order valence-electron chi connectivity index (χ1n) is 12.0. The molecule has 0 radical (unpaired) electrons. The van der Waals surface area contributed by atoms with E-state index in [1.54, 1.807) is 14.2 Å². The highest BCUT2D eigenvalue weighted by Crippen LogP contribution is 2.43. The lowest BCUT2D eigenvalue weighted by molar-refractivity contribution is -0.294. The first-order chi connectivity index (χ1) is 14.1. The number of ether oxygens (including phenoxy) is 2. The number of hydrogen-bond donors (Lipinski definition) is 2. The summed E-state index contributed by atoms with van der Waals surface area (Å²) in [5.41, 5.74) is -1.37. The largest absolute Gasteiger partial charge is 0.417 e. The average molecular weight is 465 g/mol. The van der Waals surface area contributed by atoms with Crippen molar-refractivity contribution in [3.63, 3.8) is 0 Å². The van der Waals surface area contributed by atoms with E-state index in [1.165, 1.54) is 0 Å². The highest BCUT2D eigenvalue weighted by Gasteiger charge is 2.57. The Morgan fingerprint density at radius 2 is 1.27 bits per heavy atom. The zero-order chi connectivity index (χ0) is 23.1. The maximum Gasteiger partial charge on any atom is 0.192 e. The first kappa shape index (κ1) is 28.2. The lowest BCUT2D eigenvalue weighted by Crippen LogP contribution is -2.65. The molecule has 0 heterocycles. The molecule has 0 aromatic carbocycles. The number of aliphatic hydroxyl groups excluding tert-OH is 1. The minimum Gasteiger partial charge on any atom is -0.417 e. The van der Waals surface area contributed by atoms with Gasteiger partial charge in [-0.1, -0.05) is 41.5 Å². The lowest BCUT2D eigenvalue weighted by Gasteiger charge is -2.52. The van der Waals surface area contributed by atoms with Gasteiger partial charge in [-0.2, -0.15) is 0 Å². The van der Waals surface area contributed by atoms with Crippen molar-refractivity contribution < 1.29 is 28.5 Å². The number of aliphatic hydroxyl groups is 2. The summed E-state index contributed by atoms with van der Waals surface area (Å²) >= 11 is 0. The number of rotatable bonds is 14. The van der Waals surface area contributed by atoms with E-state index in [1.807, 2.05) is 0 Å². The molecule has 8 heteroatoms. The molecule has 1 saturated carbocycles. The second kappa shape index (κ2) is 11.9. The first-order valence-corrected chi connectivity index (χ1v) is 17.0. The van der Waals surface area contributed by atoms with Gasteiger partial charge >= 0.3 is 0 Å². The fourth-order valence-electron chi connectivity index (χ4n) is 4.91. The highest BCUT2D eigenvalue weighted by atomic mass is 28.4. The molecule has 30 heavy (non-hydrogen) atoms. The average Bonchev–Trinajstić information content (AvgIpc) is 2.78. The van der Waals surface area contributed by atoms with Gasteiger partial charge in [0.2, 0.25) is 0 Å². The molecule has 1 aliphatic rings. The van der Waals surface area contributed by atoms with Crippen LogP contribution < -0.4 is 0 Å². The monoisotopic (exact) mass is 464 g/mol. The van der Waals surface area contributed by atoms with Crippen molar-refractivity contribution in [2.45, 2.75) is 121 Å². The van der Waals surface area contributed by atoms with Crippen LogP contribution in [0.5, 0.6) is 0 Å². The SMILES string of the molecule is CC[Si](CC)(CC)OCC[C@]1(O)[C@@H](O)CC(OC)(OC)C[C@H]1O[Si](CC)(CC)CC. The van der Waals surface area contributed by atoms with E-state index in [0.29, 0.717) is 19.4 Å². The van der Waals surface area contributed by atoms with Crippen LogP contribution in [0.4, 0.5) is 0 Å². The Hall–Kier alpha value is 0.194.